The molecular formula is C19H25ClFNO. The van der Waals surface area contributed by atoms with E-state index in [1.165, 1.54) is 5.56 Å². The molecule has 0 spiro atoms. The standard InChI is InChI=1S/C19H25ClFNO/c1-3-22(12-11-15-7-5-4-6-8-15)18(23)13-16-9-10-17(20)19(21)14(16)2/h4-8,16-17,19H,2-3,9-13H2,1H3. The van der Waals surface area contributed by atoms with E-state index in [2.05, 4.69) is 18.7 Å². The predicted molar refractivity (Wildman–Crippen MR) is 93.4 cm³/mol. The molecule has 0 aliphatic heterocycles. The minimum atomic E-state index is -1.19. The first kappa shape index (κ1) is 18.0. The number of allylic oxidation sites excluding steroid dienone is 1. The Hall–Kier alpha value is -1.35. The van der Waals surface area contributed by atoms with Crippen molar-refractivity contribution in [2.75, 3.05) is 13.1 Å². The van der Waals surface area contributed by atoms with Gasteiger partial charge < -0.3 is 4.90 Å². The van der Waals surface area contributed by atoms with Gasteiger partial charge in [-0.25, -0.2) is 4.39 Å². The molecule has 2 rings (SSSR count). The number of carbonyl (C=O) groups is 1. The van der Waals surface area contributed by atoms with E-state index in [4.69, 9.17) is 11.6 Å². The summed E-state index contributed by atoms with van der Waals surface area (Å²) in [5.74, 6) is -0.00641. The van der Waals surface area contributed by atoms with Crippen LogP contribution in [-0.2, 0) is 11.2 Å². The summed E-state index contributed by atoms with van der Waals surface area (Å²) in [6.07, 6.45) is 1.33. The van der Waals surface area contributed by atoms with E-state index < -0.39 is 11.5 Å². The molecule has 2 nitrogen and oxygen atoms in total. The topological polar surface area (TPSA) is 20.3 Å². The third-order valence-corrected chi connectivity index (χ3v) is 5.10. The number of alkyl halides is 2. The Bertz CT molecular complexity index is 533. The van der Waals surface area contributed by atoms with E-state index in [1.54, 1.807) is 0 Å². The normalized spacial score (nSPS) is 24.5. The Labute approximate surface area is 143 Å². The van der Waals surface area contributed by atoms with Crippen molar-refractivity contribution in [3.8, 4) is 0 Å². The van der Waals surface area contributed by atoms with E-state index in [0.29, 0.717) is 31.5 Å². The molecule has 126 valence electrons. The lowest BCUT2D eigenvalue weighted by atomic mass is 9.81. The third kappa shape index (κ3) is 4.81. The summed E-state index contributed by atoms with van der Waals surface area (Å²) in [5.41, 5.74) is 1.71. The molecule has 0 radical (unpaired) electrons. The Balaban J connectivity index is 1.88. The summed E-state index contributed by atoms with van der Waals surface area (Å²) in [5, 5.41) is -0.491. The van der Waals surface area contributed by atoms with Crippen LogP contribution in [0, 0.1) is 5.92 Å². The lowest BCUT2D eigenvalue weighted by Gasteiger charge is -2.32. The largest absolute Gasteiger partial charge is 0.343 e. The van der Waals surface area contributed by atoms with Crippen molar-refractivity contribution < 1.29 is 9.18 Å². The van der Waals surface area contributed by atoms with Gasteiger partial charge in [-0.1, -0.05) is 36.9 Å². The molecule has 1 saturated carbocycles. The molecule has 1 amide bonds. The number of amides is 1. The minimum absolute atomic E-state index is 0.0785. The number of likely N-dealkylation sites (N-methyl/N-ethyl adjacent to an activating group) is 1. The molecule has 0 heterocycles. The molecule has 1 aromatic rings. The van der Waals surface area contributed by atoms with Gasteiger partial charge in [0.1, 0.15) is 6.17 Å². The van der Waals surface area contributed by atoms with Crippen LogP contribution in [0.1, 0.15) is 31.7 Å². The highest BCUT2D eigenvalue weighted by molar-refractivity contribution is 6.21. The van der Waals surface area contributed by atoms with Gasteiger partial charge in [-0.3, -0.25) is 4.79 Å². The van der Waals surface area contributed by atoms with Crippen LogP contribution in [0.5, 0.6) is 0 Å². The molecule has 3 atom stereocenters. The Morgan fingerprint density at radius 2 is 2.04 bits per heavy atom. The Morgan fingerprint density at radius 3 is 2.70 bits per heavy atom. The molecule has 23 heavy (non-hydrogen) atoms. The van der Waals surface area contributed by atoms with Crippen LogP contribution in [-0.4, -0.2) is 35.4 Å². The summed E-state index contributed by atoms with van der Waals surface area (Å²) >= 11 is 5.94. The summed E-state index contributed by atoms with van der Waals surface area (Å²) < 4.78 is 14.0. The van der Waals surface area contributed by atoms with Gasteiger partial charge in [0, 0.05) is 19.5 Å². The molecule has 1 aliphatic carbocycles. The molecule has 0 bridgehead atoms. The van der Waals surface area contributed by atoms with Crippen LogP contribution in [0.25, 0.3) is 0 Å². The number of rotatable bonds is 6. The highest BCUT2D eigenvalue weighted by Crippen LogP contribution is 2.35. The lowest BCUT2D eigenvalue weighted by Crippen LogP contribution is -2.37. The average Bonchev–Trinajstić information content (AvgIpc) is 2.57. The molecule has 0 saturated heterocycles. The molecule has 3 unspecified atom stereocenters. The van der Waals surface area contributed by atoms with Gasteiger partial charge in [0.2, 0.25) is 5.91 Å². The molecule has 1 aliphatic rings. The highest BCUT2D eigenvalue weighted by Gasteiger charge is 2.34. The first-order chi connectivity index (χ1) is 11.0. The predicted octanol–water partition coefficient (Wildman–Crippen LogP) is 4.38. The van der Waals surface area contributed by atoms with Crippen LogP contribution in [0.15, 0.2) is 42.5 Å². The molecule has 1 aromatic carbocycles. The monoisotopic (exact) mass is 337 g/mol. The highest BCUT2D eigenvalue weighted by atomic mass is 35.5. The van der Waals surface area contributed by atoms with E-state index >= 15 is 0 Å². The summed E-state index contributed by atoms with van der Waals surface area (Å²) in [6.45, 7) is 7.17. The average molecular weight is 338 g/mol. The maximum atomic E-state index is 14.0. The number of nitrogens with zero attached hydrogens (tertiary/aromatic N) is 1. The number of hydrogen-bond acceptors (Lipinski definition) is 1. The van der Waals surface area contributed by atoms with Crippen molar-refractivity contribution in [2.45, 2.75) is 44.2 Å². The van der Waals surface area contributed by atoms with E-state index in [0.717, 1.165) is 12.8 Å². The minimum Gasteiger partial charge on any atom is -0.343 e. The zero-order valence-electron chi connectivity index (χ0n) is 13.7. The quantitative estimate of drug-likeness (QED) is 0.557. The van der Waals surface area contributed by atoms with Gasteiger partial charge in [0.25, 0.3) is 0 Å². The summed E-state index contributed by atoms with van der Waals surface area (Å²) in [4.78, 5) is 14.4. The third-order valence-electron chi connectivity index (χ3n) is 4.66. The van der Waals surface area contributed by atoms with Crippen LogP contribution >= 0.6 is 11.6 Å². The van der Waals surface area contributed by atoms with Gasteiger partial charge in [-0.2, -0.15) is 0 Å². The Morgan fingerprint density at radius 1 is 1.35 bits per heavy atom. The zero-order valence-corrected chi connectivity index (χ0v) is 14.4. The molecule has 0 N–H and O–H groups in total. The number of halogens is 2. The fourth-order valence-corrected chi connectivity index (χ4v) is 3.38. The first-order valence-corrected chi connectivity index (χ1v) is 8.75. The van der Waals surface area contributed by atoms with Crippen molar-refractivity contribution in [1.29, 1.82) is 0 Å². The number of benzene rings is 1. The molecule has 0 aromatic heterocycles. The SMILES string of the molecule is C=C1C(CC(=O)N(CC)CCc2ccccc2)CCC(Cl)C1F. The van der Waals surface area contributed by atoms with Crippen molar-refractivity contribution in [2.24, 2.45) is 5.92 Å². The van der Waals surface area contributed by atoms with Gasteiger partial charge in [0.05, 0.1) is 5.38 Å². The van der Waals surface area contributed by atoms with Crippen molar-refractivity contribution in [3.05, 3.63) is 48.0 Å². The fourth-order valence-electron chi connectivity index (χ4n) is 3.09. The van der Waals surface area contributed by atoms with Crippen molar-refractivity contribution in [1.82, 2.24) is 4.90 Å². The van der Waals surface area contributed by atoms with Crippen LogP contribution in [0.4, 0.5) is 4.39 Å². The molecular weight excluding hydrogens is 313 g/mol. The maximum Gasteiger partial charge on any atom is 0.223 e. The van der Waals surface area contributed by atoms with Gasteiger partial charge >= 0.3 is 0 Å². The van der Waals surface area contributed by atoms with E-state index in [1.807, 2.05) is 30.0 Å². The second-order valence-electron chi connectivity index (χ2n) is 6.18. The Kier molecular flexibility index (Phi) is 6.64. The van der Waals surface area contributed by atoms with Gasteiger partial charge in [-0.15, -0.1) is 11.6 Å². The zero-order chi connectivity index (χ0) is 16.8. The van der Waals surface area contributed by atoms with Crippen LogP contribution in [0.3, 0.4) is 0 Å². The second-order valence-corrected chi connectivity index (χ2v) is 6.74. The van der Waals surface area contributed by atoms with Gasteiger partial charge in [-0.05, 0) is 43.2 Å². The lowest BCUT2D eigenvalue weighted by molar-refractivity contribution is -0.131. The smallest absolute Gasteiger partial charge is 0.223 e. The summed E-state index contributed by atoms with van der Waals surface area (Å²) in [6, 6.07) is 10.1. The maximum absolute atomic E-state index is 14.0. The summed E-state index contributed by atoms with van der Waals surface area (Å²) in [7, 11) is 0. The molecule has 1 fully saturated rings. The second kappa shape index (κ2) is 8.49. The van der Waals surface area contributed by atoms with Crippen LogP contribution in [0.2, 0.25) is 0 Å². The van der Waals surface area contributed by atoms with Crippen molar-refractivity contribution in [3.63, 3.8) is 0 Å². The van der Waals surface area contributed by atoms with Gasteiger partial charge in [0.15, 0.2) is 0 Å². The molecule has 4 heteroatoms. The number of carbonyl (C=O) groups excluding carboxylic acids is 1. The van der Waals surface area contributed by atoms with E-state index in [-0.39, 0.29) is 11.8 Å². The first-order valence-electron chi connectivity index (χ1n) is 8.31. The van der Waals surface area contributed by atoms with Crippen LogP contribution < -0.4 is 0 Å². The van der Waals surface area contributed by atoms with Crippen molar-refractivity contribution >= 4 is 17.5 Å². The van der Waals surface area contributed by atoms with E-state index in [9.17, 15) is 9.18 Å². The number of hydrogen-bond donors (Lipinski definition) is 0. The fraction of sp³-hybridized carbons (Fsp3) is 0.526.